The van der Waals surface area contributed by atoms with E-state index in [4.69, 9.17) is 0 Å². The third kappa shape index (κ3) is 5.18. The van der Waals surface area contributed by atoms with Crippen LogP contribution in [0.25, 0.3) is 16.8 Å². The van der Waals surface area contributed by atoms with Crippen LogP contribution >= 0.6 is 0 Å². The van der Waals surface area contributed by atoms with E-state index in [1.54, 1.807) is 0 Å². The molecule has 3 N–H and O–H groups in total. The molecule has 0 aliphatic heterocycles. The lowest BCUT2D eigenvalue weighted by Crippen LogP contribution is -2.42. The molecule has 2 aromatic carbocycles. The Morgan fingerprint density at radius 1 is 1.15 bits per heavy atom. The van der Waals surface area contributed by atoms with Crippen molar-refractivity contribution in [2.45, 2.75) is 57.3 Å². The summed E-state index contributed by atoms with van der Waals surface area (Å²) in [6.07, 6.45) is -1.52. The van der Waals surface area contributed by atoms with E-state index >= 15 is 0 Å². The SMILES string of the molecule is Cc1cc(-c2cn3nc(C(=O)N[C@@H](c4ccc(F)cc4)C(C)(C)O)c(C4CC4)c3c(=O)[nH]2)ccc1C(F)(F)F. The molecule has 1 fully saturated rings. The molecule has 4 aromatic rings. The van der Waals surface area contributed by atoms with Crippen LogP contribution in [0.1, 0.15) is 71.4 Å². The van der Waals surface area contributed by atoms with Gasteiger partial charge in [0.05, 0.1) is 29.1 Å². The molecular formula is C28H26F4N4O3. The number of aliphatic hydroxyl groups is 1. The summed E-state index contributed by atoms with van der Waals surface area (Å²) >= 11 is 0. The number of aromatic amines is 1. The topological polar surface area (TPSA) is 99.5 Å². The van der Waals surface area contributed by atoms with Crippen molar-refractivity contribution in [3.63, 3.8) is 0 Å². The lowest BCUT2D eigenvalue weighted by molar-refractivity contribution is -0.138. The van der Waals surface area contributed by atoms with E-state index in [1.165, 1.54) is 67.9 Å². The van der Waals surface area contributed by atoms with Crippen molar-refractivity contribution >= 4 is 11.4 Å². The Morgan fingerprint density at radius 2 is 1.82 bits per heavy atom. The first-order chi connectivity index (χ1) is 18.2. The number of aromatic nitrogens is 3. The fourth-order valence-corrected chi connectivity index (χ4v) is 4.85. The zero-order valence-corrected chi connectivity index (χ0v) is 21.4. The Morgan fingerprint density at radius 3 is 2.38 bits per heavy atom. The first-order valence-electron chi connectivity index (χ1n) is 12.4. The quantitative estimate of drug-likeness (QED) is 0.289. The van der Waals surface area contributed by atoms with Gasteiger partial charge in [0.25, 0.3) is 11.5 Å². The normalized spacial score (nSPS) is 15.0. The van der Waals surface area contributed by atoms with Crippen LogP contribution in [0.4, 0.5) is 17.6 Å². The van der Waals surface area contributed by atoms with E-state index < -0.39 is 40.7 Å². The Kier molecular flexibility index (Phi) is 6.37. The highest BCUT2D eigenvalue weighted by Crippen LogP contribution is 2.43. The van der Waals surface area contributed by atoms with E-state index in [9.17, 15) is 32.3 Å². The van der Waals surface area contributed by atoms with Gasteiger partial charge in [-0.15, -0.1) is 0 Å². The number of fused-ring (bicyclic) bond motifs is 1. The van der Waals surface area contributed by atoms with Gasteiger partial charge in [0.1, 0.15) is 11.3 Å². The van der Waals surface area contributed by atoms with Crippen molar-refractivity contribution < 1.29 is 27.5 Å². The maximum atomic E-state index is 13.5. The van der Waals surface area contributed by atoms with E-state index in [-0.39, 0.29) is 28.4 Å². The van der Waals surface area contributed by atoms with Crippen molar-refractivity contribution in [3.05, 3.63) is 92.8 Å². The molecule has 39 heavy (non-hydrogen) atoms. The number of carbonyl (C=O) groups is 1. The van der Waals surface area contributed by atoms with Crippen LogP contribution in [-0.4, -0.2) is 31.2 Å². The Hall–Kier alpha value is -3.99. The molecule has 0 bridgehead atoms. The van der Waals surface area contributed by atoms with Gasteiger partial charge in [0, 0.05) is 5.56 Å². The minimum atomic E-state index is -4.50. The second-order valence-electron chi connectivity index (χ2n) is 10.5. The van der Waals surface area contributed by atoms with Crippen molar-refractivity contribution in [2.24, 2.45) is 0 Å². The summed E-state index contributed by atoms with van der Waals surface area (Å²) in [5.74, 6) is -1.15. The van der Waals surface area contributed by atoms with Gasteiger partial charge in [-0.25, -0.2) is 8.91 Å². The highest BCUT2D eigenvalue weighted by Gasteiger charge is 2.37. The number of nitrogens with one attached hydrogen (secondary N) is 2. The number of halogens is 4. The Balaban J connectivity index is 1.56. The van der Waals surface area contributed by atoms with Gasteiger partial charge >= 0.3 is 6.18 Å². The maximum Gasteiger partial charge on any atom is 0.416 e. The van der Waals surface area contributed by atoms with Gasteiger partial charge in [-0.3, -0.25) is 9.59 Å². The maximum absolute atomic E-state index is 13.5. The van der Waals surface area contributed by atoms with Gasteiger partial charge in [-0.05, 0) is 80.5 Å². The predicted molar refractivity (Wildman–Crippen MR) is 136 cm³/mol. The van der Waals surface area contributed by atoms with Crippen LogP contribution in [0.15, 0.2) is 53.5 Å². The Labute approximate surface area is 220 Å². The molecule has 1 saturated carbocycles. The van der Waals surface area contributed by atoms with Gasteiger partial charge in [-0.2, -0.15) is 18.3 Å². The summed E-state index contributed by atoms with van der Waals surface area (Å²) < 4.78 is 54.4. The van der Waals surface area contributed by atoms with E-state index in [0.29, 0.717) is 16.7 Å². The predicted octanol–water partition coefficient (Wildman–Crippen LogP) is 5.28. The lowest BCUT2D eigenvalue weighted by Gasteiger charge is -2.30. The van der Waals surface area contributed by atoms with Crippen LogP contribution in [-0.2, 0) is 6.18 Å². The number of aryl methyl sites for hydroxylation is 1. The summed E-state index contributed by atoms with van der Waals surface area (Å²) in [4.78, 5) is 29.4. The number of amides is 1. The number of alkyl halides is 3. The largest absolute Gasteiger partial charge is 0.416 e. The van der Waals surface area contributed by atoms with Gasteiger partial charge in [0.2, 0.25) is 0 Å². The Bertz CT molecular complexity index is 1630. The summed E-state index contributed by atoms with van der Waals surface area (Å²) in [6.45, 7) is 4.36. The van der Waals surface area contributed by atoms with Crippen LogP contribution in [0.3, 0.4) is 0 Å². The first kappa shape index (κ1) is 26.6. The van der Waals surface area contributed by atoms with Gasteiger partial charge < -0.3 is 15.4 Å². The molecule has 1 aliphatic rings. The number of hydrogen-bond donors (Lipinski definition) is 3. The average Bonchev–Trinajstić information content (AvgIpc) is 3.60. The summed E-state index contributed by atoms with van der Waals surface area (Å²) in [5, 5.41) is 18.0. The molecule has 7 nitrogen and oxygen atoms in total. The van der Waals surface area contributed by atoms with Crippen LogP contribution < -0.4 is 10.9 Å². The highest BCUT2D eigenvalue weighted by atomic mass is 19.4. The highest BCUT2D eigenvalue weighted by molar-refractivity contribution is 5.96. The molecule has 1 atom stereocenters. The zero-order valence-electron chi connectivity index (χ0n) is 21.4. The van der Waals surface area contributed by atoms with Crippen molar-refractivity contribution in [1.82, 2.24) is 19.9 Å². The second kappa shape index (κ2) is 9.33. The van der Waals surface area contributed by atoms with E-state index in [1.807, 2.05) is 0 Å². The second-order valence-corrected chi connectivity index (χ2v) is 10.5. The third-order valence-electron chi connectivity index (χ3n) is 6.89. The molecule has 204 valence electrons. The molecule has 0 unspecified atom stereocenters. The first-order valence-corrected chi connectivity index (χ1v) is 12.4. The molecular weight excluding hydrogens is 516 g/mol. The molecule has 1 aliphatic carbocycles. The smallest absolute Gasteiger partial charge is 0.388 e. The number of nitrogens with zero attached hydrogens (tertiary/aromatic N) is 2. The molecule has 5 rings (SSSR count). The van der Waals surface area contributed by atoms with E-state index in [2.05, 4.69) is 15.4 Å². The molecule has 2 aromatic heterocycles. The summed E-state index contributed by atoms with van der Waals surface area (Å²) in [5.41, 5.74) is -0.992. The monoisotopic (exact) mass is 542 g/mol. The number of rotatable bonds is 6. The standard InChI is InChI=1S/C28H26F4N4O3/c1-14-12-17(8-11-19(14)28(30,31)32)20-13-36-23(26(38)33-20)21(15-4-5-15)22(35-36)25(37)34-24(27(2,3)39)16-6-9-18(29)10-7-16/h6-13,15,24,39H,4-5H2,1-3H3,(H,33,38)(H,34,37)/t24-/m0/s1. The fourth-order valence-electron chi connectivity index (χ4n) is 4.85. The van der Waals surface area contributed by atoms with E-state index in [0.717, 1.165) is 18.9 Å². The minimum Gasteiger partial charge on any atom is -0.388 e. The van der Waals surface area contributed by atoms with Gasteiger partial charge in [0.15, 0.2) is 5.69 Å². The summed E-state index contributed by atoms with van der Waals surface area (Å²) in [6, 6.07) is 8.02. The minimum absolute atomic E-state index is 0.00130. The third-order valence-corrected chi connectivity index (χ3v) is 6.89. The summed E-state index contributed by atoms with van der Waals surface area (Å²) in [7, 11) is 0. The fraction of sp³-hybridized carbons (Fsp3) is 0.321. The van der Waals surface area contributed by atoms with Crippen LogP contribution in [0, 0.1) is 12.7 Å². The van der Waals surface area contributed by atoms with Crippen molar-refractivity contribution in [1.29, 1.82) is 0 Å². The number of hydrogen-bond acceptors (Lipinski definition) is 4. The lowest BCUT2D eigenvalue weighted by atomic mass is 9.91. The van der Waals surface area contributed by atoms with Crippen molar-refractivity contribution in [2.75, 3.05) is 0 Å². The number of carbonyl (C=O) groups excluding carboxylic acids is 1. The number of H-pyrrole nitrogens is 1. The molecule has 0 spiro atoms. The molecule has 1 amide bonds. The molecule has 0 radical (unpaired) electrons. The zero-order chi connectivity index (χ0) is 28.3. The van der Waals surface area contributed by atoms with Crippen molar-refractivity contribution in [3.8, 4) is 11.3 Å². The van der Waals surface area contributed by atoms with Crippen LogP contribution in [0.2, 0.25) is 0 Å². The number of benzene rings is 2. The van der Waals surface area contributed by atoms with Crippen LogP contribution in [0.5, 0.6) is 0 Å². The van der Waals surface area contributed by atoms with Gasteiger partial charge in [-0.1, -0.05) is 18.2 Å². The molecule has 0 saturated heterocycles. The molecule has 11 heteroatoms. The average molecular weight is 543 g/mol. The molecule has 2 heterocycles.